The molecule has 4 heterocycles. The number of aromatic nitrogens is 6. The monoisotopic (exact) mass is 555 g/mol. The minimum atomic E-state index is -0.540. The van der Waals surface area contributed by atoms with Crippen molar-refractivity contribution in [2.45, 2.75) is 6.42 Å². The number of phenols is 1. The number of para-hydroxylation sites is 1. The number of rotatable bonds is 6. The average Bonchev–Trinajstić information content (AvgIpc) is 3.61. The van der Waals surface area contributed by atoms with E-state index < -0.39 is 5.82 Å². The van der Waals surface area contributed by atoms with Crippen LogP contribution in [-0.2, 0) is 11.2 Å². The third kappa shape index (κ3) is 4.81. The van der Waals surface area contributed by atoms with Crippen molar-refractivity contribution in [3.63, 3.8) is 0 Å². The number of halogens is 1. The van der Waals surface area contributed by atoms with Crippen LogP contribution in [0.2, 0.25) is 0 Å². The smallest absolute Gasteiger partial charge is 0.228 e. The number of carbonyl (C=O) groups excluding carboxylic acids is 1. The molecular weight excluding hydrogens is 533 g/mol. The van der Waals surface area contributed by atoms with Crippen molar-refractivity contribution in [3.05, 3.63) is 109 Å². The van der Waals surface area contributed by atoms with Gasteiger partial charge in [-0.1, -0.05) is 42.5 Å². The summed E-state index contributed by atoms with van der Waals surface area (Å²) >= 11 is 0. The molecular formula is C32H22FN7O2. The second kappa shape index (κ2) is 10.3. The first-order valence-corrected chi connectivity index (χ1v) is 13.1. The maximum absolute atomic E-state index is 14.0. The molecule has 0 bridgehead atoms. The summed E-state index contributed by atoms with van der Waals surface area (Å²) in [5.74, 6) is -0.364. The van der Waals surface area contributed by atoms with E-state index in [0.29, 0.717) is 50.6 Å². The number of aromatic hydroxyl groups is 1. The predicted octanol–water partition coefficient (Wildman–Crippen LogP) is 6.26. The molecule has 0 aliphatic carbocycles. The number of nitrogens with one attached hydrogen (secondary N) is 3. The van der Waals surface area contributed by atoms with Crippen LogP contribution in [0.3, 0.4) is 0 Å². The molecule has 0 aliphatic heterocycles. The summed E-state index contributed by atoms with van der Waals surface area (Å²) < 4.78 is 14.0. The van der Waals surface area contributed by atoms with E-state index in [1.165, 1.54) is 12.1 Å². The van der Waals surface area contributed by atoms with Gasteiger partial charge in [-0.25, -0.2) is 14.4 Å². The van der Waals surface area contributed by atoms with Crippen molar-refractivity contribution in [1.29, 1.82) is 0 Å². The van der Waals surface area contributed by atoms with Gasteiger partial charge in [-0.3, -0.25) is 14.9 Å². The molecule has 0 aliphatic rings. The van der Waals surface area contributed by atoms with Gasteiger partial charge < -0.3 is 15.4 Å². The summed E-state index contributed by atoms with van der Waals surface area (Å²) in [6, 6.07) is 24.5. The predicted molar refractivity (Wildman–Crippen MR) is 158 cm³/mol. The van der Waals surface area contributed by atoms with Crippen LogP contribution in [0.5, 0.6) is 5.75 Å². The van der Waals surface area contributed by atoms with E-state index in [1.54, 1.807) is 12.4 Å². The molecule has 7 rings (SSSR count). The molecule has 0 saturated heterocycles. The number of hydrogen-bond donors (Lipinski definition) is 4. The minimum absolute atomic E-state index is 0.140. The lowest BCUT2D eigenvalue weighted by Crippen LogP contribution is -2.14. The van der Waals surface area contributed by atoms with Gasteiger partial charge in [-0.2, -0.15) is 5.10 Å². The zero-order chi connectivity index (χ0) is 28.6. The van der Waals surface area contributed by atoms with Gasteiger partial charge in [0.2, 0.25) is 5.91 Å². The fourth-order valence-corrected chi connectivity index (χ4v) is 4.97. The van der Waals surface area contributed by atoms with E-state index in [1.807, 2.05) is 66.7 Å². The Kier molecular flexibility index (Phi) is 6.12. The maximum atomic E-state index is 14.0. The SMILES string of the molecule is O=C(Cc1ccccc1)Nc1cncc(-c2ccc3[nH]nc(-c4nc5c(-c6cc(O)cc(F)c6)cccc5[nH]4)c3n2)c1. The molecule has 0 saturated carbocycles. The van der Waals surface area contributed by atoms with E-state index >= 15 is 0 Å². The highest BCUT2D eigenvalue weighted by molar-refractivity contribution is 5.97. The lowest BCUT2D eigenvalue weighted by molar-refractivity contribution is -0.115. The van der Waals surface area contributed by atoms with Gasteiger partial charge >= 0.3 is 0 Å². The van der Waals surface area contributed by atoms with Gasteiger partial charge in [0.25, 0.3) is 0 Å². The molecule has 0 spiro atoms. The van der Waals surface area contributed by atoms with E-state index in [-0.39, 0.29) is 18.1 Å². The van der Waals surface area contributed by atoms with Crippen molar-refractivity contribution >= 4 is 33.7 Å². The van der Waals surface area contributed by atoms with E-state index in [0.717, 1.165) is 22.7 Å². The highest BCUT2D eigenvalue weighted by Crippen LogP contribution is 2.33. The fourth-order valence-electron chi connectivity index (χ4n) is 4.97. The lowest BCUT2D eigenvalue weighted by atomic mass is 10.0. The third-order valence-electron chi connectivity index (χ3n) is 6.86. The fraction of sp³-hybridized carbons (Fsp3) is 0.0312. The van der Waals surface area contributed by atoms with Crippen LogP contribution in [0.1, 0.15) is 5.56 Å². The molecule has 204 valence electrons. The molecule has 0 unspecified atom stereocenters. The summed E-state index contributed by atoms with van der Waals surface area (Å²) in [6.45, 7) is 0. The lowest BCUT2D eigenvalue weighted by Gasteiger charge is -2.07. The quantitative estimate of drug-likeness (QED) is 0.192. The maximum Gasteiger partial charge on any atom is 0.228 e. The van der Waals surface area contributed by atoms with Gasteiger partial charge in [0.05, 0.1) is 40.5 Å². The van der Waals surface area contributed by atoms with Crippen LogP contribution in [0.15, 0.2) is 97.3 Å². The zero-order valence-corrected chi connectivity index (χ0v) is 22.0. The number of fused-ring (bicyclic) bond motifs is 2. The number of anilines is 1. The van der Waals surface area contributed by atoms with E-state index in [9.17, 15) is 14.3 Å². The van der Waals surface area contributed by atoms with Crippen molar-refractivity contribution in [1.82, 2.24) is 30.1 Å². The number of benzene rings is 3. The number of amides is 1. The number of H-pyrrole nitrogens is 2. The molecule has 42 heavy (non-hydrogen) atoms. The van der Waals surface area contributed by atoms with Crippen LogP contribution in [-0.4, -0.2) is 41.1 Å². The number of pyridine rings is 2. The molecule has 0 radical (unpaired) electrons. The molecule has 1 amide bonds. The van der Waals surface area contributed by atoms with Crippen LogP contribution in [0.4, 0.5) is 10.1 Å². The zero-order valence-electron chi connectivity index (χ0n) is 22.0. The Labute approximate surface area is 238 Å². The first kappa shape index (κ1) is 25.1. The van der Waals surface area contributed by atoms with Crippen LogP contribution in [0, 0.1) is 5.82 Å². The van der Waals surface area contributed by atoms with Crippen molar-refractivity contribution in [3.8, 4) is 39.7 Å². The second-order valence-corrected chi connectivity index (χ2v) is 9.82. The highest BCUT2D eigenvalue weighted by Gasteiger charge is 2.17. The summed E-state index contributed by atoms with van der Waals surface area (Å²) in [5, 5.41) is 20.3. The molecule has 9 nitrogen and oxygen atoms in total. The minimum Gasteiger partial charge on any atom is -0.508 e. The Morgan fingerprint density at radius 3 is 2.60 bits per heavy atom. The molecule has 0 atom stereocenters. The van der Waals surface area contributed by atoms with Gasteiger partial charge in [-0.05, 0) is 47.5 Å². The second-order valence-electron chi connectivity index (χ2n) is 9.82. The topological polar surface area (TPSA) is 132 Å². The van der Waals surface area contributed by atoms with Gasteiger partial charge in [0, 0.05) is 23.4 Å². The van der Waals surface area contributed by atoms with Gasteiger partial charge in [0.15, 0.2) is 11.5 Å². The van der Waals surface area contributed by atoms with Crippen LogP contribution < -0.4 is 5.32 Å². The van der Waals surface area contributed by atoms with Gasteiger partial charge in [0.1, 0.15) is 17.1 Å². The average molecular weight is 556 g/mol. The highest BCUT2D eigenvalue weighted by atomic mass is 19.1. The Morgan fingerprint density at radius 2 is 1.74 bits per heavy atom. The molecule has 10 heteroatoms. The van der Waals surface area contributed by atoms with Crippen molar-refractivity contribution in [2.75, 3.05) is 5.32 Å². The largest absolute Gasteiger partial charge is 0.508 e. The standard InChI is InChI=1S/C32H22FN7O2/c33-21-12-19(14-23(41)15-21)24-7-4-8-26-29(24)38-32(37-26)31-30-27(39-40-31)10-9-25(36-30)20-13-22(17-34-16-20)35-28(42)11-18-5-2-1-3-6-18/h1-10,12-17,41H,11H2,(H,35,42)(H,37,38)(H,39,40). The van der Waals surface area contributed by atoms with E-state index in [2.05, 4.69) is 25.5 Å². The molecule has 3 aromatic carbocycles. The molecule has 4 N–H and O–H groups in total. The van der Waals surface area contributed by atoms with Crippen molar-refractivity contribution < 1.29 is 14.3 Å². The first-order chi connectivity index (χ1) is 20.5. The Balaban J connectivity index is 1.22. The molecule has 0 fully saturated rings. The number of carbonyl (C=O) groups is 1. The number of imidazole rings is 1. The van der Waals surface area contributed by atoms with Crippen molar-refractivity contribution in [2.24, 2.45) is 0 Å². The molecule has 7 aromatic rings. The third-order valence-corrected chi connectivity index (χ3v) is 6.86. The van der Waals surface area contributed by atoms with Crippen LogP contribution >= 0.6 is 0 Å². The number of hydrogen-bond acceptors (Lipinski definition) is 6. The molecule has 4 aromatic heterocycles. The Bertz CT molecular complexity index is 2080. The first-order valence-electron chi connectivity index (χ1n) is 13.1. The normalized spacial score (nSPS) is 11.3. The summed E-state index contributed by atoms with van der Waals surface area (Å²) in [7, 11) is 0. The van der Waals surface area contributed by atoms with E-state index in [4.69, 9.17) is 9.97 Å². The van der Waals surface area contributed by atoms with Gasteiger partial charge in [-0.15, -0.1) is 0 Å². The Hall–Kier alpha value is -5.90. The Morgan fingerprint density at radius 1 is 0.857 bits per heavy atom. The summed E-state index contributed by atoms with van der Waals surface area (Å²) in [6.07, 6.45) is 3.54. The van der Waals surface area contributed by atoms with Crippen LogP contribution in [0.25, 0.3) is 56.0 Å². The number of nitrogens with zero attached hydrogens (tertiary/aromatic N) is 4. The summed E-state index contributed by atoms with van der Waals surface area (Å²) in [5.41, 5.74) is 7.16. The number of aromatic amines is 2. The summed E-state index contributed by atoms with van der Waals surface area (Å²) in [4.78, 5) is 29.8. The number of phenolic OH excluding ortho intramolecular Hbond substituents is 1.